The molecule has 100 valence electrons. The van der Waals surface area contributed by atoms with Gasteiger partial charge in [-0.05, 0) is 25.0 Å². The Hall–Kier alpha value is -2.14. The molecule has 2 heterocycles. The van der Waals surface area contributed by atoms with Crippen LogP contribution in [0.5, 0.6) is 0 Å². The molecule has 2 aromatic heterocycles. The fourth-order valence-corrected chi connectivity index (χ4v) is 2.80. The van der Waals surface area contributed by atoms with Crippen molar-refractivity contribution in [3.8, 4) is 11.6 Å². The van der Waals surface area contributed by atoms with Crippen molar-refractivity contribution in [2.45, 2.75) is 18.9 Å². The van der Waals surface area contributed by atoms with Crippen molar-refractivity contribution < 1.29 is 9.21 Å². The van der Waals surface area contributed by atoms with Gasteiger partial charge in [0.15, 0.2) is 6.29 Å². The van der Waals surface area contributed by atoms with Crippen molar-refractivity contribution in [1.29, 1.82) is 0 Å². The summed E-state index contributed by atoms with van der Waals surface area (Å²) >= 11 is 6.09. The first-order valence-corrected chi connectivity index (χ1v) is 6.72. The number of hydrogen-bond acceptors (Lipinski definition) is 4. The second kappa shape index (κ2) is 4.18. The molecule has 0 radical (unpaired) electrons. The molecule has 6 heteroatoms. The normalized spacial score (nSPS) is 14.8. The maximum Gasteiger partial charge on any atom is 0.264 e. The lowest BCUT2D eigenvalue weighted by Gasteiger charge is -2.06. The Morgan fingerprint density at radius 3 is 2.90 bits per heavy atom. The van der Waals surface area contributed by atoms with E-state index in [0.29, 0.717) is 28.2 Å². The highest BCUT2D eigenvalue weighted by Crippen LogP contribution is 2.44. The molecule has 0 spiro atoms. The summed E-state index contributed by atoms with van der Waals surface area (Å²) in [7, 11) is 0. The largest absolute Gasteiger partial charge is 0.422 e. The summed E-state index contributed by atoms with van der Waals surface area (Å²) in [6, 6.07) is 5.89. The first kappa shape index (κ1) is 11.7. The number of benzene rings is 1. The molecular formula is C14H10ClN3O2. The van der Waals surface area contributed by atoms with Crippen LogP contribution in [0.15, 0.2) is 29.0 Å². The monoisotopic (exact) mass is 287 g/mol. The highest BCUT2D eigenvalue weighted by Gasteiger charge is 2.32. The molecule has 0 N–H and O–H groups in total. The van der Waals surface area contributed by atoms with E-state index in [1.807, 2.05) is 12.1 Å². The number of carbonyl (C=O) groups excluding carboxylic acids is 1. The van der Waals surface area contributed by atoms with Crippen molar-refractivity contribution in [2.75, 3.05) is 0 Å². The molecule has 1 aromatic carbocycles. The Kier molecular flexibility index (Phi) is 2.44. The van der Waals surface area contributed by atoms with E-state index in [1.54, 1.807) is 6.07 Å². The maximum absolute atomic E-state index is 11.5. The zero-order valence-corrected chi connectivity index (χ0v) is 11.2. The quantitative estimate of drug-likeness (QED) is 0.692. The maximum atomic E-state index is 11.5. The van der Waals surface area contributed by atoms with Gasteiger partial charge in [0.05, 0.1) is 11.1 Å². The van der Waals surface area contributed by atoms with Crippen LogP contribution in [0.1, 0.15) is 29.2 Å². The van der Waals surface area contributed by atoms with Crippen molar-refractivity contribution in [2.24, 2.45) is 0 Å². The number of aromatic nitrogens is 3. The number of carbonyl (C=O) groups is 1. The third-order valence-electron chi connectivity index (χ3n) is 3.60. The van der Waals surface area contributed by atoms with Gasteiger partial charge in [0.25, 0.3) is 5.89 Å². The lowest BCUT2D eigenvalue weighted by molar-refractivity contribution is 0.112. The molecule has 0 amide bonds. The standard InChI is InChI=1S/C14H10ClN3O2/c15-8-1-4-10-11(6-19)13(14-17-16-7-20-14)18(9-2-3-9)12(10)5-8/h1,4-7,9H,2-3H2. The SMILES string of the molecule is O=Cc1c(-c2nnco2)n(C2CC2)c2cc(Cl)ccc12. The fraction of sp³-hybridized carbons (Fsp3) is 0.214. The lowest BCUT2D eigenvalue weighted by Crippen LogP contribution is -1.98. The number of aldehydes is 1. The summed E-state index contributed by atoms with van der Waals surface area (Å²) in [5.41, 5.74) is 2.21. The Labute approximate surface area is 119 Å². The topological polar surface area (TPSA) is 60.9 Å². The predicted octanol–water partition coefficient (Wildman–Crippen LogP) is 3.49. The van der Waals surface area contributed by atoms with Gasteiger partial charge < -0.3 is 8.98 Å². The molecule has 1 saturated carbocycles. The predicted molar refractivity (Wildman–Crippen MR) is 73.9 cm³/mol. The van der Waals surface area contributed by atoms with Crippen molar-refractivity contribution in [3.05, 3.63) is 35.2 Å². The van der Waals surface area contributed by atoms with Gasteiger partial charge in [0.1, 0.15) is 5.69 Å². The minimum absolute atomic E-state index is 0.367. The summed E-state index contributed by atoms with van der Waals surface area (Å²) in [5, 5.41) is 9.17. The summed E-state index contributed by atoms with van der Waals surface area (Å²) in [4.78, 5) is 11.5. The van der Waals surface area contributed by atoms with Crippen LogP contribution < -0.4 is 0 Å². The first-order chi connectivity index (χ1) is 9.79. The van der Waals surface area contributed by atoms with Crippen molar-refractivity contribution in [1.82, 2.24) is 14.8 Å². The molecule has 0 saturated heterocycles. The molecule has 4 rings (SSSR count). The van der Waals surface area contributed by atoms with Crippen LogP contribution in [0.25, 0.3) is 22.5 Å². The molecule has 0 unspecified atom stereocenters. The smallest absolute Gasteiger partial charge is 0.264 e. The van der Waals surface area contributed by atoms with Gasteiger partial charge in [-0.25, -0.2) is 0 Å². The number of hydrogen-bond donors (Lipinski definition) is 0. The molecule has 0 aliphatic heterocycles. The molecular weight excluding hydrogens is 278 g/mol. The van der Waals surface area contributed by atoms with Gasteiger partial charge in [-0.3, -0.25) is 4.79 Å². The average Bonchev–Trinajstić information content (AvgIpc) is 3.03. The molecule has 1 aliphatic carbocycles. The fourth-order valence-electron chi connectivity index (χ4n) is 2.64. The second-order valence-corrected chi connectivity index (χ2v) is 5.32. The average molecular weight is 288 g/mol. The lowest BCUT2D eigenvalue weighted by atomic mass is 10.1. The Morgan fingerprint density at radius 2 is 2.25 bits per heavy atom. The molecule has 3 aromatic rings. The van der Waals surface area contributed by atoms with Crippen LogP contribution in [0.4, 0.5) is 0 Å². The highest BCUT2D eigenvalue weighted by molar-refractivity contribution is 6.31. The van der Waals surface area contributed by atoms with E-state index in [4.69, 9.17) is 16.0 Å². The van der Waals surface area contributed by atoms with E-state index in [-0.39, 0.29) is 0 Å². The van der Waals surface area contributed by atoms with E-state index in [0.717, 1.165) is 30.0 Å². The van der Waals surface area contributed by atoms with Gasteiger partial charge in [-0.1, -0.05) is 17.7 Å². The van der Waals surface area contributed by atoms with Crippen LogP contribution in [-0.2, 0) is 0 Å². The van der Waals surface area contributed by atoms with Crippen LogP contribution >= 0.6 is 11.6 Å². The minimum atomic E-state index is 0.367. The Morgan fingerprint density at radius 1 is 1.40 bits per heavy atom. The van der Waals surface area contributed by atoms with Gasteiger partial charge >= 0.3 is 0 Å². The van der Waals surface area contributed by atoms with E-state index in [9.17, 15) is 4.79 Å². The molecule has 5 nitrogen and oxygen atoms in total. The van der Waals surface area contributed by atoms with Crippen molar-refractivity contribution >= 4 is 28.8 Å². The summed E-state index contributed by atoms with van der Waals surface area (Å²) < 4.78 is 7.40. The first-order valence-electron chi connectivity index (χ1n) is 6.34. The molecule has 20 heavy (non-hydrogen) atoms. The van der Waals surface area contributed by atoms with Crippen LogP contribution in [0.3, 0.4) is 0 Å². The van der Waals surface area contributed by atoms with Gasteiger partial charge in [-0.15, -0.1) is 10.2 Å². The number of fused-ring (bicyclic) bond motifs is 1. The summed E-state index contributed by atoms with van der Waals surface area (Å²) in [6.45, 7) is 0. The summed E-state index contributed by atoms with van der Waals surface area (Å²) in [5.74, 6) is 0.367. The van der Waals surface area contributed by atoms with Crippen LogP contribution in [0.2, 0.25) is 5.02 Å². The van der Waals surface area contributed by atoms with Gasteiger partial charge in [0.2, 0.25) is 6.39 Å². The highest BCUT2D eigenvalue weighted by atomic mass is 35.5. The zero-order chi connectivity index (χ0) is 13.7. The van der Waals surface area contributed by atoms with Gasteiger partial charge in [-0.2, -0.15) is 0 Å². The minimum Gasteiger partial charge on any atom is -0.422 e. The Balaban J connectivity index is 2.14. The molecule has 0 atom stereocenters. The zero-order valence-electron chi connectivity index (χ0n) is 10.4. The van der Waals surface area contributed by atoms with E-state index in [1.165, 1.54) is 6.39 Å². The van der Waals surface area contributed by atoms with Crippen LogP contribution in [0, 0.1) is 0 Å². The third-order valence-corrected chi connectivity index (χ3v) is 3.83. The number of nitrogens with zero attached hydrogens (tertiary/aromatic N) is 3. The van der Waals surface area contributed by atoms with Crippen molar-refractivity contribution in [3.63, 3.8) is 0 Å². The molecule has 1 fully saturated rings. The van der Waals surface area contributed by atoms with E-state index >= 15 is 0 Å². The second-order valence-electron chi connectivity index (χ2n) is 4.89. The molecule has 0 bridgehead atoms. The number of rotatable bonds is 3. The number of halogens is 1. The molecule has 1 aliphatic rings. The Bertz CT molecular complexity index is 804. The van der Waals surface area contributed by atoms with Gasteiger partial charge in [0, 0.05) is 16.5 Å². The van der Waals surface area contributed by atoms with E-state index < -0.39 is 0 Å². The third kappa shape index (κ3) is 1.59. The van der Waals surface area contributed by atoms with Crippen LogP contribution in [-0.4, -0.2) is 21.1 Å². The van der Waals surface area contributed by atoms with E-state index in [2.05, 4.69) is 14.8 Å². The summed E-state index contributed by atoms with van der Waals surface area (Å²) in [6.07, 6.45) is 4.27.